The van der Waals surface area contributed by atoms with E-state index in [0.717, 1.165) is 6.54 Å². The van der Waals surface area contributed by atoms with E-state index in [0.29, 0.717) is 6.04 Å². The van der Waals surface area contributed by atoms with Crippen LogP contribution in [0, 0.1) is 13.8 Å². The lowest BCUT2D eigenvalue weighted by molar-refractivity contribution is 0.612. The van der Waals surface area contributed by atoms with Gasteiger partial charge in [0.25, 0.3) is 0 Å². The molecule has 0 fully saturated rings. The molecular weight excluding hydrogens is 194 g/mol. The molecule has 1 rings (SSSR count). The number of allylic oxidation sites excluding steroid dienone is 1. The van der Waals surface area contributed by atoms with E-state index in [4.69, 9.17) is 0 Å². The Morgan fingerprint density at radius 3 is 2.62 bits per heavy atom. The highest BCUT2D eigenvalue weighted by Gasteiger charge is 2.06. The molecule has 1 nitrogen and oxygen atoms in total. The van der Waals surface area contributed by atoms with Crippen molar-refractivity contribution < 1.29 is 0 Å². The minimum Gasteiger partial charge on any atom is -0.307 e. The molecule has 0 bridgehead atoms. The van der Waals surface area contributed by atoms with Crippen molar-refractivity contribution in [3.05, 3.63) is 46.5 Å². The number of benzene rings is 1. The van der Waals surface area contributed by atoms with Crippen molar-refractivity contribution in [1.82, 2.24) is 5.32 Å². The van der Waals surface area contributed by atoms with Crippen molar-refractivity contribution in [3.63, 3.8) is 0 Å². The van der Waals surface area contributed by atoms with Gasteiger partial charge in [0, 0.05) is 12.6 Å². The Labute approximate surface area is 99.6 Å². The molecule has 1 unspecified atom stereocenters. The van der Waals surface area contributed by atoms with Crippen LogP contribution in [0.3, 0.4) is 0 Å². The fourth-order valence-corrected chi connectivity index (χ4v) is 1.78. The predicted molar refractivity (Wildman–Crippen MR) is 71.8 cm³/mol. The van der Waals surface area contributed by atoms with Gasteiger partial charge in [0.15, 0.2) is 0 Å². The molecule has 0 aliphatic carbocycles. The maximum absolute atomic E-state index is 3.52. The van der Waals surface area contributed by atoms with E-state index in [2.05, 4.69) is 64.2 Å². The second-order valence-corrected chi connectivity index (χ2v) is 4.77. The topological polar surface area (TPSA) is 12.0 Å². The normalized spacial score (nSPS) is 12.3. The third kappa shape index (κ3) is 3.82. The van der Waals surface area contributed by atoms with Crippen LogP contribution in [0.2, 0.25) is 0 Å². The highest BCUT2D eigenvalue weighted by atomic mass is 14.9. The molecule has 0 spiro atoms. The molecule has 88 valence electrons. The van der Waals surface area contributed by atoms with E-state index >= 15 is 0 Å². The van der Waals surface area contributed by atoms with Gasteiger partial charge in [-0.1, -0.05) is 35.4 Å². The van der Waals surface area contributed by atoms with Gasteiger partial charge in [-0.3, -0.25) is 0 Å². The van der Waals surface area contributed by atoms with Crippen molar-refractivity contribution >= 4 is 0 Å². The first-order chi connectivity index (χ1) is 7.50. The molecule has 16 heavy (non-hydrogen) atoms. The Hall–Kier alpha value is -1.08. The maximum Gasteiger partial charge on any atom is 0.0297 e. The average molecular weight is 217 g/mol. The van der Waals surface area contributed by atoms with Crippen molar-refractivity contribution in [2.45, 2.75) is 40.7 Å². The van der Waals surface area contributed by atoms with Gasteiger partial charge in [-0.15, -0.1) is 0 Å². The molecule has 0 radical (unpaired) electrons. The summed E-state index contributed by atoms with van der Waals surface area (Å²) in [7, 11) is 0. The van der Waals surface area contributed by atoms with Gasteiger partial charge in [-0.25, -0.2) is 0 Å². The third-order valence-electron chi connectivity index (χ3n) is 2.84. The molecule has 0 aliphatic heterocycles. The molecule has 1 aromatic rings. The van der Waals surface area contributed by atoms with Crippen molar-refractivity contribution in [3.8, 4) is 0 Å². The molecule has 1 N–H and O–H groups in total. The summed E-state index contributed by atoms with van der Waals surface area (Å²) in [5, 5.41) is 3.52. The molecular formula is C15H23N. The second kappa shape index (κ2) is 5.86. The van der Waals surface area contributed by atoms with Crippen LogP contribution >= 0.6 is 0 Å². The van der Waals surface area contributed by atoms with Crippen molar-refractivity contribution in [2.24, 2.45) is 0 Å². The van der Waals surface area contributed by atoms with Crippen LogP contribution in [0.5, 0.6) is 0 Å². The molecule has 0 saturated carbocycles. The number of hydrogen-bond acceptors (Lipinski definition) is 1. The zero-order chi connectivity index (χ0) is 12.1. The smallest absolute Gasteiger partial charge is 0.0297 e. The zero-order valence-electron chi connectivity index (χ0n) is 11.1. The maximum atomic E-state index is 3.52. The van der Waals surface area contributed by atoms with E-state index in [1.165, 1.54) is 22.3 Å². The number of nitrogens with one attached hydrogen (secondary N) is 1. The summed E-state index contributed by atoms with van der Waals surface area (Å²) in [5.74, 6) is 0. The SMILES string of the molecule is CC(C)=CCNC(C)c1cc(C)ccc1C. The molecule has 0 heterocycles. The van der Waals surface area contributed by atoms with Crippen LogP contribution in [0.15, 0.2) is 29.8 Å². The largest absolute Gasteiger partial charge is 0.307 e. The lowest BCUT2D eigenvalue weighted by Gasteiger charge is -2.16. The van der Waals surface area contributed by atoms with E-state index in [9.17, 15) is 0 Å². The summed E-state index contributed by atoms with van der Waals surface area (Å²) in [4.78, 5) is 0. The Morgan fingerprint density at radius 2 is 2.00 bits per heavy atom. The van der Waals surface area contributed by atoms with Crippen LogP contribution in [0.1, 0.15) is 43.5 Å². The lowest BCUT2D eigenvalue weighted by atomic mass is 10.00. The summed E-state index contributed by atoms with van der Waals surface area (Å²) in [6.07, 6.45) is 2.22. The van der Waals surface area contributed by atoms with Gasteiger partial charge in [-0.2, -0.15) is 0 Å². The van der Waals surface area contributed by atoms with Crippen molar-refractivity contribution in [1.29, 1.82) is 0 Å². The summed E-state index contributed by atoms with van der Waals surface area (Å²) < 4.78 is 0. The van der Waals surface area contributed by atoms with Crippen molar-refractivity contribution in [2.75, 3.05) is 6.54 Å². The minimum atomic E-state index is 0.412. The standard InChI is InChI=1S/C15H23N/c1-11(2)8-9-16-14(5)15-10-12(3)6-7-13(15)4/h6-8,10,14,16H,9H2,1-5H3. The first kappa shape index (κ1) is 13.0. The number of aryl methyl sites for hydroxylation is 2. The molecule has 1 heteroatoms. The zero-order valence-corrected chi connectivity index (χ0v) is 11.1. The summed E-state index contributed by atoms with van der Waals surface area (Å²) >= 11 is 0. The monoisotopic (exact) mass is 217 g/mol. The lowest BCUT2D eigenvalue weighted by Crippen LogP contribution is -2.19. The molecule has 1 atom stereocenters. The quantitative estimate of drug-likeness (QED) is 0.754. The van der Waals surface area contributed by atoms with E-state index in [1.54, 1.807) is 0 Å². The number of rotatable bonds is 4. The molecule has 1 aromatic carbocycles. The van der Waals surface area contributed by atoms with Crippen LogP contribution in [-0.2, 0) is 0 Å². The van der Waals surface area contributed by atoms with Gasteiger partial charge < -0.3 is 5.32 Å². The van der Waals surface area contributed by atoms with Crippen LogP contribution in [0.25, 0.3) is 0 Å². The van der Waals surface area contributed by atoms with Gasteiger partial charge >= 0.3 is 0 Å². The van der Waals surface area contributed by atoms with E-state index < -0.39 is 0 Å². The fraction of sp³-hybridized carbons (Fsp3) is 0.467. The van der Waals surface area contributed by atoms with Gasteiger partial charge in [0.05, 0.1) is 0 Å². The Bertz CT molecular complexity index is 373. The van der Waals surface area contributed by atoms with Gasteiger partial charge in [0.1, 0.15) is 0 Å². The summed E-state index contributed by atoms with van der Waals surface area (Å²) in [5.41, 5.74) is 5.46. The van der Waals surface area contributed by atoms with Crippen LogP contribution in [-0.4, -0.2) is 6.54 Å². The predicted octanol–water partition coefficient (Wildman–Crippen LogP) is 3.92. The van der Waals surface area contributed by atoms with E-state index in [-0.39, 0.29) is 0 Å². The third-order valence-corrected chi connectivity index (χ3v) is 2.84. The van der Waals surface area contributed by atoms with E-state index in [1.807, 2.05) is 0 Å². The minimum absolute atomic E-state index is 0.412. The average Bonchev–Trinajstić information content (AvgIpc) is 2.21. The second-order valence-electron chi connectivity index (χ2n) is 4.77. The van der Waals surface area contributed by atoms with Crippen LogP contribution < -0.4 is 5.32 Å². The highest BCUT2D eigenvalue weighted by Crippen LogP contribution is 2.18. The molecule has 0 amide bonds. The summed E-state index contributed by atoms with van der Waals surface area (Å²) in [6, 6.07) is 7.05. The number of hydrogen-bond donors (Lipinski definition) is 1. The molecule has 0 saturated heterocycles. The summed E-state index contributed by atoms with van der Waals surface area (Å²) in [6.45, 7) is 11.7. The highest BCUT2D eigenvalue weighted by molar-refractivity contribution is 5.32. The Morgan fingerprint density at radius 1 is 1.31 bits per heavy atom. The molecule has 0 aromatic heterocycles. The van der Waals surface area contributed by atoms with Crippen LogP contribution in [0.4, 0.5) is 0 Å². The Balaban J connectivity index is 2.69. The molecule has 0 aliphatic rings. The first-order valence-corrected chi connectivity index (χ1v) is 5.94. The Kier molecular flexibility index (Phi) is 4.75. The fourth-order valence-electron chi connectivity index (χ4n) is 1.78. The van der Waals surface area contributed by atoms with Gasteiger partial charge in [-0.05, 0) is 45.7 Å². The van der Waals surface area contributed by atoms with Gasteiger partial charge in [0.2, 0.25) is 0 Å². The first-order valence-electron chi connectivity index (χ1n) is 5.94.